The van der Waals surface area contributed by atoms with Gasteiger partial charge in [-0.05, 0) is 24.8 Å². The summed E-state index contributed by atoms with van der Waals surface area (Å²) < 4.78 is 0.831. The number of aromatic nitrogens is 2. The molecule has 0 saturated carbocycles. The minimum absolute atomic E-state index is 0.0240. The maximum Gasteiger partial charge on any atom is 0.236 e. The first-order valence-electron chi connectivity index (χ1n) is 9.57. The highest BCUT2D eigenvalue weighted by Crippen LogP contribution is 2.28. The molecular formula is C18H23N7O2S3. The monoisotopic (exact) mass is 465 g/mol. The maximum atomic E-state index is 12.6. The van der Waals surface area contributed by atoms with Crippen LogP contribution in [0.3, 0.4) is 0 Å². The van der Waals surface area contributed by atoms with Crippen LogP contribution in [0, 0.1) is 12.8 Å². The number of fused-ring (bicyclic) bond motifs is 1. The summed E-state index contributed by atoms with van der Waals surface area (Å²) in [5.74, 6) is 0.685. The van der Waals surface area contributed by atoms with Crippen molar-refractivity contribution in [2.75, 3.05) is 28.4 Å². The number of hydrogen-bond acceptors (Lipinski definition) is 10. The average molecular weight is 466 g/mol. The van der Waals surface area contributed by atoms with Gasteiger partial charge >= 0.3 is 0 Å². The van der Waals surface area contributed by atoms with Crippen LogP contribution in [0.5, 0.6) is 0 Å². The average Bonchev–Trinajstić information content (AvgIpc) is 3.35. The van der Waals surface area contributed by atoms with Gasteiger partial charge in [0, 0.05) is 6.54 Å². The first-order valence-corrected chi connectivity index (χ1v) is 12.4. The summed E-state index contributed by atoms with van der Waals surface area (Å²) in [6.07, 6.45) is -0.182. The lowest BCUT2D eigenvalue weighted by molar-refractivity contribution is -0.127. The predicted molar refractivity (Wildman–Crippen MR) is 121 cm³/mol. The van der Waals surface area contributed by atoms with Gasteiger partial charge in [0.25, 0.3) is 0 Å². The van der Waals surface area contributed by atoms with E-state index >= 15 is 0 Å². The van der Waals surface area contributed by atoms with E-state index in [0.717, 1.165) is 15.8 Å². The van der Waals surface area contributed by atoms with Crippen molar-refractivity contribution in [1.82, 2.24) is 26.3 Å². The Bertz CT molecular complexity index is 907. The maximum absolute atomic E-state index is 12.6. The summed E-state index contributed by atoms with van der Waals surface area (Å²) >= 11 is 4.28. The van der Waals surface area contributed by atoms with Crippen LogP contribution in [0.15, 0.2) is 28.6 Å². The van der Waals surface area contributed by atoms with Crippen molar-refractivity contribution in [1.29, 1.82) is 0 Å². The van der Waals surface area contributed by atoms with Gasteiger partial charge in [0.2, 0.25) is 16.9 Å². The van der Waals surface area contributed by atoms with E-state index in [1.165, 1.54) is 28.7 Å². The molecule has 1 aromatic heterocycles. The highest BCUT2D eigenvalue weighted by Gasteiger charge is 2.44. The number of aryl methyl sites for hydroxylation is 1. The minimum atomic E-state index is -0.363. The number of nitrogens with zero attached hydrogens (tertiary/aromatic N) is 3. The summed E-state index contributed by atoms with van der Waals surface area (Å²) in [6.45, 7) is 4.64. The molecule has 2 aliphatic rings. The van der Waals surface area contributed by atoms with Crippen molar-refractivity contribution in [2.24, 2.45) is 5.92 Å². The number of hydrogen-bond donors (Lipinski definition) is 4. The number of rotatable bonds is 7. The molecule has 4 N–H and O–H groups in total. The van der Waals surface area contributed by atoms with Crippen LogP contribution >= 0.6 is 34.9 Å². The third-order valence-corrected chi connectivity index (χ3v) is 7.56. The van der Waals surface area contributed by atoms with E-state index in [1.54, 1.807) is 11.8 Å². The lowest BCUT2D eigenvalue weighted by Crippen LogP contribution is -2.63. The van der Waals surface area contributed by atoms with Gasteiger partial charge in [0.05, 0.1) is 17.4 Å². The Balaban J connectivity index is 1.33. The molecule has 0 radical (unpaired) electrons. The Morgan fingerprint density at radius 2 is 2.13 bits per heavy atom. The lowest BCUT2D eigenvalue weighted by atomic mass is 10.0. The summed E-state index contributed by atoms with van der Waals surface area (Å²) in [4.78, 5) is 24.9. The Morgan fingerprint density at radius 1 is 1.33 bits per heavy atom. The van der Waals surface area contributed by atoms with Gasteiger partial charge in [-0.1, -0.05) is 47.7 Å². The molecule has 0 spiro atoms. The largest absolute Gasteiger partial charge is 0.331 e. The number of nitrogens with one attached hydrogen (secondary N) is 4. The van der Waals surface area contributed by atoms with Gasteiger partial charge in [0.1, 0.15) is 11.7 Å². The van der Waals surface area contributed by atoms with E-state index in [0.29, 0.717) is 11.7 Å². The molecule has 2 aliphatic heterocycles. The van der Waals surface area contributed by atoms with Crippen molar-refractivity contribution in [3.8, 4) is 0 Å². The zero-order valence-electron chi connectivity index (χ0n) is 16.5. The van der Waals surface area contributed by atoms with Gasteiger partial charge < -0.3 is 5.32 Å². The summed E-state index contributed by atoms with van der Waals surface area (Å²) in [5, 5.41) is 19.6. The van der Waals surface area contributed by atoms with Crippen molar-refractivity contribution in [3.05, 3.63) is 29.8 Å². The predicted octanol–water partition coefficient (Wildman–Crippen LogP) is 1.60. The highest BCUT2D eigenvalue weighted by molar-refractivity contribution is 8.01. The first kappa shape index (κ1) is 21.4. The van der Waals surface area contributed by atoms with Crippen LogP contribution in [0.2, 0.25) is 0 Å². The van der Waals surface area contributed by atoms with E-state index < -0.39 is 0 Å². The van der Waals surface area contributed by atoms with E-state index in [4.69, 9.17) is 0 Å². The quantitative estimate of drug-likeness (QED) is 0.358. The summed E-state index contributed by atoms with van der Waals surface area (Å²) in [6, 6.07) is 8.15. The zero-order chi connectivity index (χ0) is 21.1. The number of carbonyl (C=O) groups is 2. The zero-order valence-corrected chi connectivity index (χ0v) is 19.0. The Hall–Kier alpha value is -1.86. The number of benzene rings is 1. The number of hydrazine groups is 1. The third-order valence-electron chi connectivity index (χ3n) is 4.69. The first-order chi connectivity index (χ1) is 14.5. The Labute approximate surface area is 187 Å². The fourth-order valence-electron chi connectivity index (χ4n) is 3.25. The molecule has 3 unspecified atom stereocenters. The molecule has 12 heteroatoms. The van der Waals surface area contributed by atoms with Crippen LogP contribution in [0.25, 0.3) is 0 Å². The van der Waals surface area contributed by atoms with Gasteiger partial charge in [-0.3, -0.25) is 25.2 Å². The number of thioether (sulfide) groups is 2. The van der Waals surface area contributed by atoms with Gasteiger partial charge in [0.15, 0.2) is 4.34 Å². The molecule has 30 heavy (non-hydrogen) atoms. The van der Waals surface area contributed by atoms with Crippen LogP contribution in [0.1, 0.15) is 12.5 Å². The Kier molecular flexibility index (Phi) is 6.78. The van der Waals surface area contributed by atoms with E-state index in [2.05, 4.69) is 31.6 Å². The lowest BCUT2D eigenvalue weighted by Gasteiger charge is -2.37. The number of carbonyl (C=O) groups excluding carboxylic acids is 2. The van der Waals surface area contributed by atoms with Gasteiger partial charge in [-0.25, -0.2) is 5.43 Å². The second kappa shape index (κ2) is 9.52. The van der Waals surface area contributed by atoms with E-state index in [9.17, 15) is 9.59 Å². The molecule has 1 aromatic carbocycles. The third kappa shape index (κ3) is 4.89. The summed E-state index contributed by atoms with van der Waals surface area (Å²) in [5.41, 5.74) is 5.11. The van der Waals surface area contributed by atoms with Crippen molar-refractivity contribution < 1.29 is 9.59 Å². The second-order valence-corrected chi connectivity index (χ2v) is 10.4. The van der Waals surface area contributed by atoms with Crippen molar-refractivity contribution >= 4 is 57.5 Å². The normalized spacial score (nSPS) is 23.2. The molecule has 0 aliphatic carbocycles. The molecule has 9 nitrogen and oxygen atoms in total. The summed E-state index contributed by atoms with van der Waals surface area (Å²) in [7, 11) is 0. The smallest absolute Gasteiger partial charge is 0.236 e. The fourth-order valence-corrected chi connectivity index (χ4v) is 5.74. The fraction of sp³-hybridized carbons (Fsp3) is 0.444. The van der Waals surface area contributed by atoms with Gasteiger partial charge in [-0.15, -0.1) is 22.0 Å². The van der Waals surface area contributed by atoms with E-state index in [-0.39, 0.29) is 35.1 Å². The molecule has 2 saturated heterocycles. The number of anilines is 2. The molecule has 160 valence electrons. The van der Waals surface area contributed by atoms with Crippen LogP contribution in [-0.4, -0.2) is 51.7 Å². The molecule has 4 rings (SSSR count). The molecule has 2 fully saturated rings. The molecular weight excluding hydrogens is 442 g/mol. The van der Waals surface area contributed by atoms with Crippen LogP contribution < -0.4 is 26.4 Å². The second-order valence-electron chi connectivity index (χ2n) is 6.84. The minimum Gasteiger partial charge on any atom is -0.331 e. The van der Waals surface area contributed by atoms with Gasteiger partial charge in [-0.2, -0.15) is 0 Å². The van der Waals surface area contributed by atoms with Crippen molar-refractivity contribution in [2.45, 2.75) is 29.9 Å². The molecule has 2 aromatic rings. The molecule has 3 heterocycles. The van der Waals surface area contributed by atoms with E-state index in [1.807, 2.05) is 43.1 Å². The number of amides is 2. The van der Waals surface area contributed by atoms with Crippen molar-refractivity contribution in [3.63, 3.8) is 0 Å². The molecule has 2 amide bonds. The standard InChI is InChI=1S/C18H23N7O2S3/c1-3-28-18-24-23-17(30-18)20-13(26)9-29-16-21-14-12(15(27)22-16)8-19-25(14)11-6-4-10(2)5-7-11/h4-7,12,14,16,19,21H,3,8-9H2,1-2H3,(H,22,27)(H,20,23,26). The highest BCUT2D eigenvalue weighted by atomic mass is 32.2. The molecule has 3 atom stereocenters. The SMILES string of the molecule is CCSc1nnc(NC(=O)CSC2NC(=O)C3CNN(c4ccc(C)cc4)C3N2)s1. The van der Waals surface area contributed by atoms with Crippen LogP contribution in [-0.2, 0) is 9.59 Å². The Morgan fingerprint density at radius 3 is 2.90 bits per heavy atom. The molecule has 0 bridgehead atoms. The van der Waals surface area contributed by atoms with Crippen LogP contribution in [0.4, 0.5) is 10.8 Å². The topological polar surface area (TPSA) is 111 Å².